The lowest BCUT2D eigenvalue weighted by Gasteiger charge is -2.23. The standard InChI is InChI=1S/C19H33NO/c1-15(2)20-12-8-7-9-13-21-18-11-10-16(3)14-17(18)19(4,5)6/h10-11,14-15,20H,7-9,12-13H2,1-6H3. The van der Waals surface area contributed by atoms with Crippen LogP contribution in [0.15, 0.2) is 18.2 Å². The van der Waals surface area contributed by atoms with Gasteiger partial charge in [0.2, 0.25) is 0 Å². The summed E-state index contributed by atoms with van der Waals surface area (Å²) in [5.74, 6) is 1.05. The summed E-state index contributed by atoms with van der Waals surface area (Å²) in [4.78, 5) is 0. The van der Waals surface area contributed by atoms with Crippen molar-refractivity contribution < 1.29 is 4.74 Å². The number of nitrogens with one attached hydrogen (secondary N) is 1. The average Bonchev–Trinajstić information content (AvgIpc) is 2.37. The number of hydrogen-bond acceptors (Lipinski definition) is 2. The normalized spacial score (nSPS) is 12.0. The Labute approximate surface area is 131 Å². The number of benzene rings is 1. The Morgan fingerprint density at radius 2 is 1.81 bits per heavy atom. The van der Waals surface area contributed by atoms with Gasteiger partial charge in [-0.05, 0) is 49.8 Å². The third-order valence-corrected chi connectivity index (χ3v) is 3.57. The molecule has 0 aliphatic heterocycles. The zero-order chi connectivity index (χ0) is 15.9. The first-order valence-electron chi connectivity index (χ1n) is 8.28. The molecular weight excluding hydrogens is 258 g/mol. The third kappa shape index (κ3) is 6.99. The average molecular weight is 291 g/mol. The van der Waals surface area contributed by atoms with Gasteiger partial charge in [-0.3, -0.25) is 0 Å². The van der Waals surface area contributed by atoms with Crippen molar-refractivity contribution in [3.63, 3.8) is 0 Å². The fraction of sp³-hybridized carbons (Fsp3) is 0.684. The molecule has 0 radical (unpaired) electrons. The van der Waals surface area contributed by atoms with E-state index in [-0.39, 0.29) is 5.41 Å². The predicted octanol–water partition coefficient (Wildman–Crippen LogP) is 4.84. The third-order valence-electron chi connectivity index (χ3n) is 3.57. The van der Waals surface area contributed by atoms with Crippen LogP contribution in [0.5, 0.6) is 5.75 Å². The molecule has 0 saturated heterocycles. The summed E-state index contributed by atoms with van der Waals surface area (Å²) in [7, 11) is 0. The Bertz CT molecular complexity index is 418. The molecule has 0 heterocycles. The van der Waals surface area contributed by atoms with E-state index in [1.165, 1.54) is 24.0 Å². The quantitative estimate of drug-likeness (QED) is 0.692. The number of rotatable bonds is 8. The van der Waals surface area contributed by atoms with E-state index in [2.05, 4.69) is 65.1 Å². The van der Waals surface area contributed by atoms with E-state index in [0.29, 0.717) is 6.04 Å². The summed E-state index contributed by atoms with van der Waals surface area (Å²) in [5.41, 5.74) is 2.73. The molecule has 1 N–H and O–H groups in total. The van der Waals surface area contributed by atoms with Crippen molar-refractivity contribution in [1.29, 1.82) is 0 Å². The molecule has 0 aromatic heterocycles. The largest absolute Gasteiger partial charge is 0.493 e. The molecule has 2 heteroatoms. The van der Waals surface area contributed by atoms with Crippen LogP contribution in [0.25, 0.3) is 0 Å². The first-order chi connectivity index (χ1) is 9.80. The second-order valence-electron chi connectivity index (χ2n) is 7.27. The van der Waals surface area contributed by atoms with Gasteiger partial charge in [-0.1, -0.05) is 52.3 Å². The Morgan fingerprint density at radius 1 is 1.10 bits per heavy atom. The molecule has 1 aromatic rings. The van der Waals surface area contributed by atoms with Crippen molar-refractivity contribution in [3.05, 3.63) is 29.3 Å². The van der Waals surface area contributed by atoms with Gasteiger partial charge >= 0.3 is 0 Å². The molecule has 0 amide bonds. The first kappa shape index (κ1) is 18.0. The van der Waals surface area contributed by atoms with Crippen LogP contribution in [0.3, 0.4) is 0 Å². The zero-order valence-corrected chi connectivity index (χ0v) is 14.8. The lowest BCUT2D eigenvalue weighted by Crippen LogP contribution is -2.23. The first-order valence-corrected chi connectivity index (χ1v) is 8.28. The van der Waals surface area contributed by atoms with Crippen molar-refractivity contribution in [1.82, 2.24) is 5.32 Å². The number of aryl methyl sites for hydroxylation is 1. The maximum atomic E-state index is 6.03. The van der Waals surface area contributed by atoms with Crippen molar-refractivity contribution in [3.8, 4) is 5.75 Å². The van der Waals surface area contributed by atoms with Gasteiger partial charge in [0.1, 0.15) is 5.75 Å². The molecule has 0 saturated carbocycles. The molecule has 0 unspecified atom stereocenters. The molecule has 0 fully saturated rings. The van der Waals surface area contributed by atoms with Crippen molar-refractivity contribution in [2.75, 3.05) is 13.2 Å². The molecule has 0 atom stereocenters. The van der Waals surface area contributed by atoms with Gasteiger partial charge in [0.15, 0.2) is 0 Å². The minimum Gasteiger partial charge on any atom is -0.493 e. The maximum Gasteiger partial charge on any atom is 0.123 e. The Kier molecular flexibility index (Phi) is 7.24. The van der Waals surface area contributed by atoms with Gasteiger partial charge in [-0.2, -0.15) is 0 Å². The second-order valence-corrected chi connectivity index (χ2v) is 7.27. The summed E-state index contributed by atoms with van der Waals surface area (Å²) < 4.78 is 6.03. The van der Waals surface area contributed by atoms with Crippen molar-refractivity contribution >= 4 is 0 Å². The summed E-state index contributed by atoms with van der Waals surface area (Å²) >= 11 is 0. The van der Waals surface area contributed by atoms with E-state index in [9.17, 15) is 0 Å². The van der Waals surface area contributed by atoms with Gasteiger partial charge in [0, 0.05) is 6.04 Å². The topological polar surface area (TPSA) is 21.3 Å². The Morgan fingerprint density at radius 3 is 2.43 bits per heavy atom. The van der Waals surface area contributed by atoms with Crippen LogP contribution < -0.4 is 10.1 Å². The molecule has 0 bridgehead atoms. The molecule has 21 heavy (non-hydrogen) atoms. The monoisotopic (exact) mass is 291 g/mol. The highest BCUT2D eigenvalue weighted by atomic mass is 16.5. The summed E-state index contributed by atoms with van der Waals surface area (Å²) in [6.45, 7) is 15.2. The van der Waals surface area contributed by atoms with Crippen LogP contribution in [-0.4, -0.2) is 19.2 Å². The maximum absolute atomic E-state index is 6.03. The van der Waals surface area contributed by atoms with Gasteiger partial charge in [0.05, 0.1) is 6.61 Å². The van der Waals surface area contributed by atoms with E-state index >= 15 is 0 Å². The number of ether oxygens (including phenoxy) is 1. The van der Waals surface area contributed by atoms with Crippen LogP contribution in [0, 0.1) is 6.92 Å². The highest BCUT2D eigenvalue weighted by Crippen LogP contribution is 2.32. The number of unbranched alkanes of at least 4 members (excludes halogenated alkanes) is 2. The SMILES string of the molecule is Cc1ccc(OCCCCCNC(C)C)c(C(C)(C)C)c1. The van der Waals surface area contributed by atoms with E-state index in [1.807, 2.05) is 0 Å². The minimum atomic E-state index is 0.128. The van der Waals surface area contributed by atoms with Gasteiger partial charge < -0.3 is 10.1 Å². The summed E-state index contributed by atoms with van der Waals surface area (Å²) in [6, 6.07) is 7.10. The zero-order valence-electron chi connectivity index (χ0n) is 14.8. The van der Waals surface area contributed by atoms with Crippen LogP contribution in [0.1, 0.15) is 65.0 Å². The molecule has 120 valence electrons. The van der Waals surface area contributed by atoms with Gasteiger partial charge in [-0.25, -0.2) is 0 Å². The van der Waals surface area contributed by atoms with E-state index < -0.39 is 0 Å². The van der Waals surface area contributed by atoms with E-state index in [4.69, 9.17) is 4.74 Å². The van der Waals surface area contributed by atoms with Crippen LogP contribution in [0.4, 0.5) is 0 Å². The molecule has 0 spiro atoms. The van der Waals surface area contributed by atoms with E-state index in [1.54, 1.807) is 0 Å². The lowest BCUT2D eigenvalue weighted by molar-refractivity contribution is 0.297. The molecular formula is C19H33NO. The molecule has 1 rings (SSSR count). The fourth-order valence-electron chi connectivity index (χ4n) is 2.33. The lowest BCUT2D eigenvalue weighted by atomic mass is 9.85. The molecule has 2 nitrogen and oxygen atoms in total. The Balaban J connectivity index is 2.39. The van der Waals surface area contributed by atoms with Crippen LogP contribution in [-0.2, 0) is 5.41 Å². The minimum absolute atomic E-state index is 0.128. The molecule has 0 aliphatic rings. The second kappa shape index (κ2) is 8.43. The van der Waals surface area contributed by atoms with Gasteiger partial charge in [-0.15, -0.1) is 0 Å². The van der Waals surface area contributed by atoms with Crippen molar-refractivity contribution in [2.24, 2.45) is 0 Å². The fourth-order valence-corrected chi connectivity index (χ4v) is 2.33. The van der Waals surface area contributed by atoms with Crippen LogP contribution >= 0.6 is 0 Å². The van der Waals surface area contributed by atoms with Gasteiger partial charge in [0.25, 0.3) is 0 Å². The summed E-state index contributed by atoms with van der Waals surface area (Å²) in [5, 5.41) is 3.45. The highest BCUT2D eigenvalue weighted by Gasteiger charge is 2.18. The van der Waals surface area contributed by atoms with E-state index in [0.717, 1.165) is 25.3 Å². The van der Waals surface area contributed by atoms with Crippen molar-refractivity contribution in [2.45, 2.75) is 72.3 Å². The molecule has 0 aliphatic carbocycles. The highest BCUT2D eigenvalue weighted by molar-refractivity contribution is 5.41. The smallest absolute Gasteiger partial charge is 0.123 e. The molecule has 1 aromatic carbocycles. The summed E-state index contributed by atoms with van der Waals surface area (Å²) in [6.07, 6.45) is 3.56. The predicted molar refractivity (Wildman–Crippen MR) is 92.4 cm³/mol. The Hall–Kier alpha value is -1.02. The number of hydrogen-bond donors (Lipinski definition) is 1. The van der Waals surface area contributed by atoms with Crippen LogP contribution in [0.2, 0.25) is 0 Å².